The molecule has 21 heavy (non-hydrogen) atoms. The zero-order valence-corrected chi connectivity index (χ0v) is 14.5. The lowest BCUT2D eigenvalue weighted by molar-refractivity contribution is -0.104. The van der Waals surface area contributed by atoms with Crippen LogP contribution in [0.3, 0.4) is 0 Å². The van der Waals surface area contributed by atoms with E-state index in [1.807, 2.05) is 6.92 Å². The van der Waals surface area contributed by atoms with Crippen molar-refractivity contribution in [2.24, 2.45) is 0 Å². The lowest BCUT2D eigenvalue weighted by Gasteiger charge is -2.02. The topological polar surface area (TPSA) is 17.1 Å². The average molecular weight is 288 g/mol. The zero-order chi connectivity index (χ0) is 16.1. The maximum absolute atomic E-state index is 10.3. The van der Waals surface area contributed by atoms with Gasteiger partial charge in [0.05, 0.1) is 0 Å². The van der Waals surface area contributed by atoms with E-state index in [1.165, 1.54) is 23.1 Å². The molecule has 118 valence electrons. The highest BCUT2D eigenvalue weighted by atomic mass is 16.1. The first-order valence-electron chi connectivity index (χ1n) is 8.01. The fourth-order valence-electron chi connectivity index (χ4n) is 2.08. The number of carbonyl (C=O) groups is 1. The van der Waals surface area contributed by atoms with Gasteiger partial charge < -0.3 is 0 Å². The minimum Gasteiger partial charge on any atom is -0.299 e. The van der Waals surface area contributed by atoms with E-state index in [2.05, 4.69) is 45.9 Å². The highest BCUT2D eigenvalue weighted by Gasteiger charge is 1.93. The van der Waals surface area contributed by atoms with Crippen LogP contribution < -0.4 is 0 Å². The molecule has 0 saturated heterocycles. The maximum Gasteiger partial charge on any atom is 0.142 e. The number of hydrogen-bond donors (Lipinski definition) is 0. The van der Waals surface area contributed by atoms with E-state index < -0.39 is 0 Å². The number of aldehydes is 1. The van der Waals surface area contributed by atoms with Crippen LogP contribution in [0, 0.1) is 0 Å². The van der Waals surface area contributed by atoms with Crippen molar-refractivity contribution < 1.29 is 4.79 Å². The molecule has 0 rings (SSSR count). The molecule has 0 saturated carbocycles. The summed E-state index contributed by atoms with van der Waals surface area (Å²) >= 11 is 0. The van der Waals surface area contributed by atoms with E-state index in [4.69, 9.17) is 0 Å². The van der Waals surface area contributed by atoms with Crippen LogP contribution in [-0.2, 0) is 4.79 Å². The summed E-state index contributed by atoms with van der Waals surface area (Å²) in [6.45, 7) is 10.7. The Bertz CT molecular complexity index is 415. The Balaban J connectivity index is 3.96. The summed E-state index contributed by atoms with van der Waals surface area (Å²) in [7, 11) is 0. The third kappa shape index (κ3) is 13.4. The fraction of sp³-hybridized carbons (Fsp3) is 0.550. The van der Waals surface area contributed by atoms with Crippen LogP contribution in [0.15, 0.2) is 46.6 Å². The summed E-state index contributed by atoms with van der Waals surface area (Å²) in [5.74, 6) is 0. The van der Waals surface area contributed by atoms with Gasteiger partial charge in [0.2, 0.25) is 0 Å². The van der Waals surface area contributed by atoms with Crippen LogP contribution in [0.1, 0.15) is 73.1 Å². The van der Waals surface area contributed by atoms with Crippen LogP contribution in [0.4, 0.5) is 0 Å². The Morgan fingerprint density at radius 3 is 1.52 bits per heavy atom. The number of carbonyl (C=O) groups excluding carboxylic acids is 1. The molecule has 1 nitrogen and oxygen atoms in total. The van der Waals surface area contributed by atoms with Gasteiger partial charge >= 0.3 is 0 Å². The third-order valence-electron chi connectivity index (χ3n) is 3.51. The van der Waals surface area contributed by atoms with Crippen molar-refractivity contribution in [3.63, 3.8) is 0 Å². The van der Waals surface area contributed by atoms with E-state index in [0.29, 0.717) is 0 Å². The number of hydrogen-bond acceptors (Lipinski definition) is 1. The SMILES string of the molecule is CC(C)=CCC/C(C)=C/CC/C(C)=C/CC/C(C)=C/C=O. The number of rotatable bonds is 10. The van der Waals surface area contributed by atoms with Crippen molar-refractivity contribution in [3.05, 3.63) is 46.6 Å². The predicted molar refractivity (Wildman–Crippen MR) is 94.5 cm³/mol. The van der Waals surface area contributed by atoms with Gasteiger partial charge in [0, 0.05) is 0 Å². The minimum atomic E-state index is 0.870. The molecule has 0 amide bonds. The van der Waals surface area contributed by atoms with E-state index in [9.17, 15) is 4.79 Å². The van der Waals surface area contributed by atoms with Crippen LogP contribution in [0.2, 0.25) is 0 Å². The Kier molecular flexibility index (Phi) is 11.6. The van der Waals surface area contributed by atoms with E-state index >= 15 is 0 Å². The van der Waals surface area contributed by atoms with Crippen molar-refractivity contribution in [1.82, 2.24) is 0 Å². The first-order chi connectivity index (χ1) is 9.95. The highest BCUT2D eigenvalue weighted by Crippen LogP contribution is 2.13. The Morgan fingerprint density at radius 1 is 0.667 bits per heavy atom. The molecule has 0 N–H and O–H groups in total. The molecule has 0 bridgehead atoms. The van der Waals surface area contributed by atoms with Crippen LogP contribution in [-0.4, -0.2) is 6.29 Å². The standard InChI is InChI=1S/C20H32O/c1-17(2)9-6-10-18(3)11-7-12-19(4)13-8-14-20(5)15-16-21/h9,11,13,15-16H,6-8,10,12,14H2,1-5H3/b18-11+,19-13+,20-15+. The van der Waals surface area contributed by atoms with Crippen molar-refractivity contribution in [1.29, 1.82) is 0 Å². The quantitative estimate of drug-likeness (QED) is 0.261. The van der Waals surface area contributed by atoms with Gasteiger partial charge in [-0.25, -0.2) is 0 Å². The van der Waals surface area contributed by atoms with Gasteiger partial charge in [-0.1, -0.05) is 40.5 Å². The van der Waals surface area contributed by atoms with Gasteiger partial charge in [-0.05, 0) is 79.2 Å². The first kappa shape index (κ1) is 19.6. The molecule has 0 radical (unpaired) electrons. The summed E-state index contributed by atoms with van der Waals surface area (Å²) in [5, 5.41) is 0. The molecule has 0 heterocycles. The summed E-state index contributed by atoms with van der Waals surface area (Å²) in [6.07, 6.45) is 16.1. The van der Waals surface area contributed by atoms with Crippen molar-refractivity contribution in [3.8, 4) is 0 Å². The van der Waals surface area contributed by atoms with E-state index in [0.717, 1.165) is 44.0 Å². The van der Waals surface area contributed by atoms with Gasteiger partial charge in [-0.2, -0.15) is 0 Å². The average Bonchev–Trinajstić information content (AvgIpc) is 2.38. The molecule has 1 heteroatoms. The second kappa shape index (κ2) is 12.4. The summed E-state index contributed by atoms with van der Waals surface area (Å²) in [5.41, 5.74) is 5.50. The molecule has 0 spiro atoms. The van der Waals surface area contributed by atoms with Crippen LogP contribution in [0.25, 0.3) is 0 Å². The molecular weight excluding hydrogens is 256 g/mol. The fourth-order valence-corrected chi connectivity index (χ4v) is 2.08. The normalized spacial score (nSPS) is 13.3. The molecule has 0 aromatic heterocycles. The lowest BCUT2D eigenvalue weighted by Crippen LogP contribution is -1.82. The lowest BCUT2D eigenvalue weighted by atomic mass is 10.0. The maximum atomic E-state index is 10.3. The van der Waals surface area contributed by atoms with Crippen LogP contribution in [0.5, 0.6) is 0 Å². The second-order valence-electron chi connectivity index (χ2n) is 6.15. The number of allylic oxidation sites excluding steroid dienone is 8. The Labute approximate surface area is 131 Å². The monoisotopic (exact) mass is 288 g/mol. The van der Waals surface area contributed by atoms with Gasteiger partial charge in [-0.15, -0.1) is 0 Å². The van der Waals surface area contributed by atoms with Crippen LogP contribution >= 0.6 is 0 Å². The molecule has 0 aromatic rings. The second-order valence-corrected chi connectivity index (χ2v) is 6.15. The van der Waals surface area contributed by atoms with Crippen molar-refractivity contribution in [2.45, 2.75) is 73.1 Å². The zero-order valence-electron chi connectivity index (χ0n) is 14.5. The molecule has 0 aliphatic carbocycles. The van der Waals surface area contributed by atoms with E-state index in [-0.39, 0.29) is 0 Å². The minimum absolute atomic E-state index is 0.870. The molecule has 0 atom stereocenters. The van der Waals surface area contributed by atoms with E-state index in [1.54, 1.807) is 6.08 Å². The van der Waals surface area contributed by atoms with Gasteiger partial charge in [0.25, 0.3) is 0 Å². The third-order valence-corrected chi connectivity index (χ3v) is 3.51. The molecule has 0 aliphatic heterocycles. The highest BCUT2D eigenvalue weighted by molar-refractivity contribution is 5.65. The first-order valence-corrected chi connectivity index (χ1v) is 8.01. The Hall–Kier alpha value is -1.37. The smallest absolute Gasteiger partial charge is 0.142 e. The van der Waals surface area contributed by atoms with Crippen molar-refractivity contribution in [2.75, 3.05) is 0 Å². The van der Waals surface area contributed by atoms with Gasteiger partial charge in [-0.3, -0.25) is 4.79 Å². The molecule has 0 fully saturated rings. The summed E-state index contributed by atoms with van der Waals surface area (Å²) in [6, 6.07) is 0. The molecule has 0 aliphatic rings. The largest absolute Gasteiger partial charge is 0.299 e. The van der Waals surface area contributed by atoms with Crippen molar-refractivity contribution >= 4 is 6.29 Å². The molecular formula is C20H32O. The molecule has 0 aromatic carbocycles. The Morgan fingerprint density at radius 2 is 1.10 bits per heavy atom. The predicted octanol–water partition coefficient (Wildman–Crippen LogP) is 6.33. The van der Waals surface area contributed by atoms with Gasteiger partial charge in [0.1, 0.15) is 6.29 Å². The molecule has 0 unspecified atom stereocenters. The summed E-state index contributed by atoms with van der Waals surface area (Å²) in [4.78, 5) is 10.3. The van der Waals surface area contributed by atoms with Gasteiger partial charge in [0.15, 0.2) is 0 Å². The summed E-state index contributed by atoms with van der Waals surface area (Å²) < 4.78 is 0.